The van der Waals surface area contributed by atoms with E-state index < -0.39 is 0 Å². The average Bonchev–Trinajstić information content (AvgIpc) is 2.84. The van der Waals surface area contributed by atoms with Crippen LogP contribution in [0.1, 0.15) is 34.6 Å². The van der Waals surface area contributed by atoms with Gasteiger partial charge < -0.3 is 10.2 Å². The van der Waals surface area contributed by atoms with E-state index in [1.54, 1.807) is 11.3 Å². The number of aromatic nitrogens is 2. The first-order valence-electron chi connectivity index (χ1n) is 7.75. The Morgan fingerprint density at radius 2 is 1.81 bits per heavy atom. The summed E-state index contributed by atoms with van der Waals surface area (Å²) in [4.78, 5) is 12.8. The Bertz CT molecular complexity index is 567. The molecule has 2 rings (SSSR count). The first-order valence-corrected chi connectivity index (χ1v) is 8.63. The average molecular weight is 306 g/mol. The molecule has 0 fully saturated rings. The molecule has 21 heavy (non-hydrogen) atoms. The summed E-state index contributed by atoms with van der Waals surface area (Å²) in [5.41, 5.74) is 0. The number of nitrogens with zero attached hydrogens (tertiary/aromatic N) is 3. The molecule has 5 heteroatoms. The number of anilines is 2. The van der Waals surface area contributed by atoms with E-state index in [-0.39, 0.29) is 0 Å². The smallest absolute Gasteiger partial charge is 0.226 e. The Balaban J connectivity index is 2.45. The molecule has 0 aliphatic carbocycles. The van der Waals surface area contributed by atoms with Crippen molar-refractivity contribution in [3.63, 3.8) is 0 Å². The number of rotatable bonds is 7. The molecule has 0 aliphatic rings. The molecule has 4 nitrogen and oxygen atoms in total. The van der Waals surface area contributed by atoms with E-state index in [1.165, 1.54) is 5.39 Å². The third-order valence-electron chi connectivity index (χ3n) is 3.11. The van der Waals surface area contributed by atoms with Gasteiger partial charge in [0.1, 0.15) is 10.6 Å². The molecule has 0 amide bonds. The fraction of sp³-hybridized carbons (Fsp3) is 0.625. The highest BCUT2D eigenvalue weighted by molar-refractivity contribution is 7.16. The zero-order valence-electron chi connectivity index (χ0n) is 13.7. The summed E-state index contributed by atoms with van der Waals surface area (Å²) in [5.74, 6) is 3.02. The van der Waals surface area contributed by atoms with Crippen LogP contribution >= 0.6 is 11.3 Å². The van der Waals surface area contributed by atoms with Crippen LogP contribution in [-0.4, -0.2) is 29.6 Å². The van der Waals surface area contributed by atoms with Crippen LogP contribution in [0, 0.1) is 11.8 Å². The molecule has 1 N–H and O–H groups in total. The van der Waals surface area contributed by atoms with Crippen LogP contribution in [0.4, 0.5) is 11.8 Å². The zero-order valence-corrected chi connectivity index (χ0v) is 14.5. The number of thiophene rings is 1. The molecular formula is C16H26N4S. The number of hydrogen-bond donors (Lipinski definition) is 1. The molecule has 0 radical (unpaired) electrons. The maximum atomic E-state index is 4.78. The highest BCUT2D eigenvalue weighted by Gasteiger charge is 2.17. The van der Waals surface area contributed by atoms with Crippen molar-refractivity contribution >= 4 is 33.3 Å². The van der Waals surface area contributed by atoms with E-state index in [0.717, 1.165) is 36.2 Å². The summed E-state index contributed by atoms with van der Waals surface area (Å²) >= 11 is 1.68. The molecule has 2 aromatic heterocycles. The standard InChI is InChI=1S/C16H26N4S/c1-6-17-16-18-14(13-7-8-21-15(13)19-16)20(9-11(2)3)10-12(4)5/h7-8,11-12H,6,9-10H2,1-5H3,(H,17,18,19). The van der Waals surface area contributed by atoms with Gasteiger partial charge in [-0.1, -0.05) is 27.7 Å². The second-order valence-electron chi connectivity index (χ2n) is 6.23. The molecular weight excluding hydrogens is 280 g/mol. The minimum absolute atomic E-state index is 0.606. The van der Waals surface area contributed by atoms with Crippen molar-refractivity contribution in [1.82, 2.24) is 9.97 Å². The number of hydrogen-bond acceptors (Lipinski definition) is 5. The normalized spacial score (nSPS) is 11.6. The van der Waals surface area contributed by atoms with E-state index >= 15 is 0 Å². The Kier molecular flexibility index (Phi) is 5.39. The molecule has 2 aromatic rings. The quantitative estimate of drug-likeness (QED) is 0.830. The molecule has 0 aliphatic heterocycles. The van der Waals surface area contributed by atoms with E-state index in [9.17, 15) is 0 Å². The predicted octanol–water partition coefficient (Wildman–Crippen LogP) is 4.24. The van der Waals surface area contributed by atoms with Gasteiger partial charge in [0.15, 0.2) is 0 Å². The lowest BCUT2D eigenvalue weighted by Crippen LogP contribution is -2.32. The Morgan fingerprint density at radius 1 is 1.14 bits per heavy atom. The third kappa shape index (κ3) is 4.06. The molecule has 0 saturated carbocycles. The first-order chi connectivity index (χ1) is 10.0. The van der Waals surface area contributed by atoms with Gasteiger partial charge in [0, 0.05) is 19.6 Å². The van der Waals surface area contributed by atoms with Crippen LogP contribution in [-0.2, 0) is 0 Å². The number of fused-ring (bicyclic) bond motifs is 1. The molecule has 0 bridgehead atoms. The van der Waals surface area contributed by atoms with Crippen LogP contribution in [0.25, 0.3) is 10.2 Å². The second-order valence-corrected chi connectivity index (χ2v) is 7.13. The number of nitrogens with one attached hydrogen (secondary N) is 1. The Morgan fingerprint density at radius 3 is 2.38 bits per heavy atom. The first kappa shape index (κ1) is 16.0. The lowest BCUT2D eigenvalue weighted by molar-refractivity contribution is 0.550. The maximum Gasteiger partial charge on any atom is 0.226 e. The van der Waals surface area contributed by atoms with E-state index in [4.69, 9.17) is 4.98 Å². The van der Waals surface area contributed by atoms with Crippen LogP contribution in [0.2, 0.25) is 0 Å². The molecule has 0 aromatic carbocycles. The predicted molar refractivity (Wildman–Crippen MR) is 93.5 cm³/mol. The highest BCUT2D eigenvalue weighted by atomic mass is 32.1. The van der Waals surface area contributed by atoms with Crippen molar-refractivity contribution < 1.29 is 0 Å². The Hall–Kier alpha value is -1.36. The minimum atomic E-state index is 0.606. The molecule has 2 heterocycles. The summed E-state index contributed by atoms with van der Waals surface area (Å²) in [7, 11) is 0. The van der Waals surface area contributed by atoms with Gasteiger partial charge in [-0.2, -0.15) is 4.98 Å². The van der Waals surface area contributed by atoms with Gasteiger partial charge in [0.05, 0.1) is 5.39 Å². The van der Waals surface area contributed by atoms with Crippen LogP contribution in [0.5, 0.6) is 0 Å². The van der Waals surface area contributed by atoms with Crippen LogP contribution in [0.3, 0.4) is 0 Å². The summed E-state index contributed by atoms with van der Waals surface area (Å²) < 4.78 is 0. The topological polar surface area (TPSA) is 41.1 Å². The third-order valence-corrected chi connectivity index (χ3v) is 3.92. The van der Waals surface area contributed by atoms with Gasteiger partial charge in [-0.3, -0.25) is 0 Å². The molecule has 0 unspecified atom stereocenters. The van der Waals surface area contributed by atoms with E-state index in [0.29, 0.717) is 11.8 Å². The fourth-order valence-electron chi connectivity index (χ4n) is 2.45. The van der Waals surface area contributed by atoms with Gasteiger partial charge >= 0.3 is 0 Å². The van der Waals surface area contributed by atoms with Crippen LogP contribution < -0.4 is 10.2 Å². The van der Waals surface area contributed by atoms with Crippen molar-refractivity contribution in [3.05, 3.63) is 11.4 Å². The molecule has 0 saturated heterocycles. The van der Waals surface area contributed by atoms with Crippen molar-refractivity contribution in [1.29, 1.82) is 0 Å². The summed E-state index contributed by atoms with van der Waals surface area (Å²) in [6, 6.07) is 2.14. The summed E-state index contributed by atoms with van der Waals surface area (Å²) in [6.45, 7) is 14.0. The lowest BCUT2D eigenvalue weighted by atomic mass is 10.1. The lowest BCUT2D eigenvalue weighted by Gasteiger charge is -2.28. The summed E-state index contributed by atoms with van der Waals surface area (Å²) in [6.07, 6.45) is 0. The van der Waals surface area contributed by atoms with Crippen molar-refractivity contribution in [2.45, 2.75) is 34.6 Å². The summed E-state index contributed by atoms with van der Waals surface area (Å²) in [5, 5.41) is 6.52. The highest BCUT2D eigenvalue weighted by Crippen LogP contribution is 2.30. The SMILES string of the molecule is CCNc1nc(N(CC(C)C)CC(C)C)c2ccsc2n1. The minimum Gasteiger partial charge on any atom is -0.355 e. The van der Waals surface area contributed by atoms with Crippen molar-refractivity contribution in [3.8, 4) is 0 Å². The van der Waals surface area contributed by atoms with Gasteiger partial charge in [0.25, 0.3) is 0 Å². The Labute approximate surface area is 131 Å². The van der Waals surface area contributed by atoms with Crippen molar-refractivity contribution in [2.24, 2.45) is 11.8 Å². The van der Waals surface area contributed by atoms with Crippen LogP contribution in [0.15, 0.2) is 11.4 Å². The molecule has 116 valence electrons. The van der Waals surface area contributed by atoms with E-state index in [2.05, 4.69) is 61.3 Å². The molecule has 0 spiro atoms. The van der Waals surface area contributed by atoms with Gasteiger partial charge in [0.2, 0.25) is 5.95 Å². The fourth-order valence-corrected chi connectivity index (χ4v) is 3.21. The zero-order chi connectivity index (χ0) is 15.4. The second kappa shape index (κ2) is 7.07. The van der Waals surface area contributed by atoms with Gasteiger partial charge in [-0.05, 0) is 30.2 Å². The van der Waals surface area contributed by atoms with Gasteiger partial charge in [-0.15, -0.1) is 11.3 Å². The maximum absolute atomic E-state index is 4.78. The monoisotopic (exact) mass is 306 g/mol. The van der Waals surface area contributed by atoms with Gasteiger partial charge in [-0.25, -0.2) is 4.98 Å². The van der Waals surface area contributed by atoms with Crippen molar-refractivity contribution in [2.75, 3.05) is 29.9 Å². The molecule has 0 atom stereocenters. The van der Waals surface area contributed by atoms with E-state index in [1.807, 2.05) is 0 Å². The largest absolute Gasteiger partial charge is 0.355 e.